The molecule has 0 radical (unpaired) electrons. The highest BCUT2D eigenvalue weighted by Gasteiger charge is 2.31. The Morgan fingerprint density at radius 1 is 1.09 bits per heavy atom. The van der Waals surface area contributed by atoms with Crippen LogP contribution in [0.25, 0.3) is 0 Å². The fourth-order valence-electron chi connectivity index (χ4n) is 4.52. The van der Waals surface area contributed by atoms with Crippen molar-refractivity contribution >= 4 is 6.21 Å². The maximum absolute atomic E-state index is 8.74. The minimum absolute atomic E-state index is 0.490. The van der Waals surface area contributed by atoms with Crippen molar-refractivity contribution in [3.8, 4) is 0 Å². The Labute approximate surface area is 140 Å². The molecule has 1 aliphatic carbocycles. The molecule has 2 fully saturated rings. The summed E-state index contributed by atoms with van der Waals surface area (Å²) in [6.07, 6.45) is 11.9. The second kappa shape index (κ2) is 8.49. The van der Waals surface area contributed by atoms with Crippen LogP contribution in [-0.2, 0) is 6.42 Å². The zero-order chi connectivity index (χ0) is 15.9. The van der Waals surface area contributed by atoms with E-state index >= 15 is 0 Å². The monoisotopic (exact) mass is 314 g/mol. The lowest BCUT2D eigenvalue weighted by Gasteiger charge is -2.38. The predicted octanol–water partition coefficient (Wildman–Crippen LogP) is 4.35. The molecule has 23 heavy (non-hydrogen) atoms. The van der Waals surface area contributed by atoms with Crippen molar-refractivity contribution in [1.29, 1.82) is 0 Å². The first-order valence-corrected chi connectivity index (χ1v) is 9.32. The summed E-state index contributed by atoms with van der Waals surface area (Å²) in [7, 11) is 0. The highest BCUT2D eigenvalue weighted by molar-refractivity contribution is 5.59. The molecule has 1 atom stereocenters. The van der Waals surface area contributed by atoms with E-state index in [0.717, 1.165) is 12.0 Å². The molecule has 1 saturated carbocycles. The number of aryl methyl sites for hydroxylation is 1. The van der Waals surface area contributed by atoms with Crippen molar-refractivity contribution in [3.05, 3.63) is 35.9 Å². The molecule has 0 amide bonds. The second-order valence-electron chi connectivity index (χ2n) is 7.27. The van der Waals surface area contributed by atoms with Gasteiger partial charge in [-0.05, 0) is 81.9 Å². The van der Waals surface area contributed by atoms with Gasteiger partial charge in [-0.1, -0.05) is 30.3 Å². The molecule has 2 aliphatic rings. The lowest BCUT2D eigenvalue weighted by molar-refractivity contribution is 0.128. The third kappa shape index (κ3) is 4.57. The number of likely N-dealkylation sites (tertiary alicyclic amines) is 1. The molecule has 1 aliphatic heterocycles. The average molecular weight is 314 g/mol. The van der Waals surface area contributed by atoms with E-state index in [-0.39, 0.29) is 0 Å². The summed E-state index contributed by atoms with van der Waals surface area (Å²) in [4.78, 5) is 2.76. The molecule has 1 saturated heterocycles. The Hall–Kier alpha value is -1.35. The molecule has 1 heterocycles. The van der Waals surface area contributed by atoms with Gasteiger partial charge in [0, 0.05) is 12.3 Å². The summed E-state index contributed by atoms with van der Waals surface area (Å²) < 4.78 is 0. The summed E-state index contributed by atoms with van der Waals surface area (Å²) >= 11 is 0. The third-order valence-electron chi connectivity index (χ3n) is 5.82. The van der Waals surface area contributed by atoms with Crippen LogP contribution in [0.15, 0.2) is 35.5 Å². The van der Waals surface area contributed by atoms with Crippen molar-refractivity contribution in [1.82, 2.24) is 4.90 Å². The SMILES string of the molecule is ON=CC1CCC(C(CCc2ccccc2)N2CCCC2)CC1. The molecule has 3 heteroatoms. The maximum atomic E-state index is 8.74. The van der Waals surface area contributed by atoms with Crippen LogP contribution in [0.4, 0.5) is 0 Å². The van der Waals surface area contributed by atoms with Gasteiger partial charge in [-0.3, -0.25) is 0 Å². The van der Waals surface area contributed by atoms with E-state index in [2.05, 4.69) is 40.4 Å². The molecule has 3 nitrogen and oxygen atoms in total. The number of hydrogen-bond acceptors (Lipinski definition) is 3. The molecule has 1 unspecified atom stereocenters. The summed E-state index contributed by atoms with van der Waals surface area (Å²) in [6.45, 7) is 2.58. The van der Waals surface area contributed by atoms with Gasteiger partial charge in [0.1, 0.15) is 0 Å². The fourth-order valence-corrected chi connectivity index (χ4v) is 4.52. The second-order valence-corrected chi connectivity index (χ2v) is 7.27. The maximum Gasteiger partial charge on any atom is 0.0466 e. The average Bonchev–Trinajstić information content (AvgIpc) is 3.12. The highest BCUT2D eigenvalue weighted by atomic mass is 16.4. The lowest BCUT2D eigenvalue weighted by Crippen LogP contribution is -2.40. The first kappa shape index (κ1) is 16.5. The van der Waals surface area contributed by atoms with Crippen molar-refractivity contribution in [2.45, 2.75) is 57.4 Å². The van der Waals surface area contributed by atoms with E-state index < -0.39 is 0 Å². The zero-order valence-electron chi connectivity index (χ0n) is 14.1. The summed E-state index contributed by atoms with van der Waals surface area (Å²) in [5.41, 5.74) is 1.47. The van der Waals surface area contributed by atoms with Gasteiger partial charge in [-0.25, -0.2) is 0 Å². The van der Waals surface area contributed by atoms with E-state index in [4.69, 9.17) is 5.21 Å². The highest BCUT2D eigenvalue weighted by Crippen LogP contribution is 2.35. The van der Waals surface area contributed by atoms with Gasteiger partial charge < -0.3 is 10.1 Å². The van der Waals surface area contributed by atoms with Gasteiger partial charge in [0.15, 0.2) is 0 Å². The van der Waals surface area contributed by atoms with Crippen LogP contribution in [0, 0.1) is 11.8 Å². The fraction of sp³-hybridized carbons (Fsp3) is 0.650. The van der Waals surface area contributed by atoms with Crippen LogP contribution in [0.1, 0.15) is 50.5 Å². The summed E-state index contributed by atoms with van der Waals surface area (Å²) in [5, 5.41) is 12.0. The number of hydrogen-bond donors (Lipinski definition) is 1. The normalized spacial score (nSPS) is 27.5. The standard InChI is InChI=1S/C20H30N2O/c23-21-16-18-8-11-19(12-9-18)20(22-14-4-5-15-22)13-10-17-6-2-1-3-7-17/h1-3,6-7,16,18-20,23H,4-5,8-15H2. The molecule has 0 bridgehead atoms. The van der Waals surface area contributed by atoms with Crippen LogP contribution in [0.3, 0.4) is 0 Å². The Balaban J connectivity index is 1.59. The first-order chi connectivity index (χ1) is 11.4. The van der Waals surface area contributed by atoms with Crippen LogP contribution in [0.2, 0.25) is 0 Å². The minimum Gasteiger partial charge on any atom is -0.411 e. The minimum atomic E-state index is 0.490. The van der Waals surface area contributed by atoms with Crippen molar-refractivity contribution in [3.63, 3.8) is 0 Å². The molecule has 1 N–H and O–H groups in total. The van der Waals surface area contributed by atoms with Gasteiger partial charge in [0.25, 0.3) is 0 Å². The Morgan fingerprint density at radius 2 is 1.78 bits per heavy atom. The van der Waals surface area contributed by atoms with E-state index in [1.807, 2.05) is 0 Å². The van der Waals surface area contributed by atoms with Crippen molar-refractivity contribution < 1.29 is 5.21 Å². The van der Waals surface area contributed by atoms with Gasteiger partial charge in [-0.15, -0.1) is 5.16 Å². The lowest BCUT2D eigenvalue weighted by atomic mass is 9.77. The third-order valence-corrected chi connectivity index (χ3v) is 5.82. The molecule has 1 aromatic rings. The van der Waals surface area contributed by atoms with E-state index in [1.54, 1.807) is 6.21 Å². The number of oxime groups is 1. The van der Waals surface area contributed by atoms with Crippen molar-refractivity contribution in [2.75, 3.05) is 13.1 Å². The number of rotatable bonds is 6. The van der Waals surface area contributed by atoms with E-state index in [9.17, 15) is 0 Å². The predicted molar refractivity (Wildman–Crippen MR) is 95.1 cm³/mol. The summed E-state index contributed by atoms with van der Waals surface area (Å²) in [6, 6.07) is 11.7. The number of benzene rings is 1. The largest absolute Gasteiger partial charge is 0.411 e. The molecule has 126 valence electrons. The summed E-state index contributed by atoms with van der Waals surface area (Å²) in [5.74, 6) is 1.31. The quantitative estimate of drug-likeness (QED) is 0.481. The Kier molecular flexibility index (Phi) is 6.09. The molecular weight excluding hydrogens is 284 g/mol. The molecule has 0 aromatic heterocycles. The van der Waals surface area contributed by atoms with E-state index in [0.29, 0.717) is 5.92 Å². The first-order valence-electron chi connectivity index (χ1n) is 9.32. The Morgan fingerprint density at radius 3 is 2.43 bits per heavy atom. The molecule has 0 spiro atoms. The van der Waals surface area contributed by atoms with Gasteiger partial charge >= 0.3 is 0 Å². The van der Waals surface area contributed by atoms with Gasteiger partial charge in [-0.2, -0.15) is 0 Å². The zero-order valence-corrected chi connectivity index (χ0v) is 14.1. The number of nitrogens with zero attached hydrogens (tertiary/aromatic N) is 2. The topological polar surface area (TPSA) is 35.8 Å². The van der Waals surface area contributed by atoms with Crippen LogP contribution < -0.4 is 0 Å². The van der Waals surface area contributed by atoms with Crippen LogP contribution >= 0.6 is 0 Å². The molecule has 3 rings (SSSR count). The van der Waals surface area contributed by atoms with Crippen LogP contribution in [-0.4, -0.2) is 35.5 Å². The van der Waals surface area contributed by atoms with Crippen LogP contribution in [0.5, 0.6) is 0 Å². The smallest absolute Gasteiger partial charge is 0.0466 e. The van der Waals surface area contributed by atoms with E-state index in [1.165, 1.54) is 70.0 Å². The molecule has 1 aromatic carbocycles. The van der Waals surface area contributed by atoms with Crippen molar-refractivity contribution in [2.24, 2.45) is 17.0 Å². The van der Waals surface area contributed by atoms with Gasteiger partial charge in [0.2, 0.25) is 0 Å². The molecular formula is C20H30N2O. The van der Waals surface area contributed by atoms with Gasteiger partial charge in [0.05, 0.1) is 0 Å². The Bertz CT molecular complexity index is 474.